The fourth-order valence-corrected chi connectivity index (χ4v) is 5.50. The van der Waals surface area contributed by atoms with Crippen molar-refractivity contribution in [2.24, 2.45) is 5.14 Å². The Balaban J connectivity index is 1.47. The molecule has 0 aliphatic carbocycles. The minimum absolute atomic E-state index is 0.00397. The quantitative estimate of drug-likeness (QED) is 0.190. The van der Waals surface area contributed by atoms with Gasteiger partial charge in [-0.2, -0.15) is 5.26 Å². The van der Waals surface area contributed by atoms with E-state index >= 15 is 0 Å². The van der Waals surface area contributed by atoms with Gasteiger partial charge in [0.2, 0.25) is 10.0 Å². The first-order chi connectivity index (χ1) is 19.2. The van der Waals surface area contributed by atoms with Crippen molar-refractivity contribution in [1.29, 1.82) is 5.26 Å². The highest BCUT2D eigenvalue weighted by molar-refractivity contribution is 9.10. The third kappa shape index (κ3) is 6.11. The topological polar surface area (TPSA) is 139 Å². The molecule has 0 atom stereocenters. The highest BCUT2D eigenvalue weighted by Gasteiger charge is 2.19. The smallest absolute Gasteiger partial charge is 0.256 e. The largest absolute Gasteiger partial charge is 0.457 e. The van der Waals surface area contributed by atoms with Crippen LogP contribution in [-0.4, -0.2) is 19.3 Å². The summed E-state index contributed by atoms with van der Waals surface area (Å²) in [5, 5.41) is 19.0. The van der Waals surface area contributed by atoms with Crippen LogP contribution in [0.5, 0.6) is 0 Å². The second-order valence-electron chi connectivity index (χ2n) is 8.47. The van der Waals surface area contributed by atoms with Gasteiger partial charge in [-0.15, -0.1) is 0 Å². The van der Waals surface area contributed by atoms with Crippen LogP contribution < -0.4 is 10.5 Å². The SMILES string of the molecule is N#CC(=Cc1ccc(-c2ccc(S(N)(=O)=O)cc2)o1)c1nc(-c2ccccc2)c(NC(=O)c2ccc(Br)cc2)s1. The molecular weight excluding hydrogens is 612 g/mol. The molecule has 5 rings (SSSR count). The van der Waals surface area contributed by atoms with E-state index in [1.807, 2.05) is 30.3 Å². The van der Waals surface area contributed by atoms with Crippen molar-refractivity contribution >= 4 is 59.8 Å². The van der Waals surface area contributed by atoms with Crippen LogP contribution in [0.2, 0.25) is 0 Å². The number of halogens is 1. The number of thiazole rings is 1. The predicted octanol–water partition coefficient (Wildman–Crippen LogP) is 6.80. The number of anilines is 1. The van der Waals surface area contributed by atoms with E-state index in [1.165, 1.54) is 23.5 Å². The van der Waals surface area contributed by atoms with E-state index in [2.05, 4.69) is 27.3 Å². The molecule has 5 aromatic rings. The third-order valence-electron chi connectivity index (χ3n) is 5.74. The van der Waals surface area contributed by atoms with Crippen molar-refractivity contribution in [3.05, 3.63) is 112 Å². The van der Waals surface area contributed by atoms with Gasteiger partial charge in [0.15, 0.2) is 0 Å². The van der Waals surface area contributed by atoms with Crippen LogP contribution in [-0.2, 0) is 10.0 Å². The fourth-order valence-electron chi connectivity index (χ4n) is 3.77. The summed E-state index contributed by atoms with van der Waals surface area (Å²) < 4.78 is 29.8. The Kier molecular flexibility index (Phi) is 7.77. The monoisotopic (exact) mass is 630 g/mol. The van der Waals surface area contributed by atoms with E-state index in [1.54, 1.807) is 54.6 Å². The van der Waals surface area contributed by atoms with Crippen LogP contribution in [0.15, 0.2) is 105 Å². The minimum Gasteiger partial charge on any atom is -0.457 e. The van der Waals surface area contributed by atoms with Crippen molar-refractivity contribution in [3.63, 3.8) is 0 Å². The molecular formula is C29H19BrN4O4S2. The van der Waals surface area contributed by atoms with E-state index in [0.717, 1.165) is 10.0 Å². The summed E-state index contributed by atoms with van der Waals surface area (Å²) in [5.74, 6) is 0.585. The van der Waals surface area contributed by atoms with Gasteiger partial charge >= 0.3 is 0 Å². The highest BCUT2D eigenvalue weighted by atomic mass is 79.9. The minimum atomic E-state index is -3.80. The molecule has 0 aliphatic heterocycles. The number of benzene rings is 3. The Morgan fingerprint density at radius 2 is 1.68 bits per heavy atom. The summed E-state index contributed by atoms with van der Waals surface area (Å²) in [5.41, 5.74) is 2.70. The molecule has 0 aliphatic rings. The molecule has 0 bridgehead atoms. The molecule has 0 saturated heterocycles. The summed E-state index contributed by atoms with van der Waals surface area (Å²) in [4.78, 5) is 17.7. The van der Waals surface area contributed by atoms with Gasteiger partial charge < -0.3 is 9.73 Å². The lowest BCUT2D eigenvalue weighted by molar-refractivity contribution is 0.102. The van der Waals surface area contributed by atoms with Crippen LogP contribution in [0, 0.1) is 11.3 Å². The number of nitrogens with one attached hydrogen (secondary N) is 1. The summed E-state index contributed by atoms with van der Waals surface area (Å²) in [6.07, 6.45) is 1.57. The van der Waals surface area contributed by atoms with Crippen molar-refractivity contribution in [2.75, 3.05) is 5.32 Å². The molecule has 11 heteroatoms. The first-order valence-electron chi connectivity index (χ1n) is 11.7. The number of hydrogen-bond donors (Lipinski definition) is 2. The number of nitriles is 1. The maximum Gasteiger partial charge on any atom is 0.256 e. The number of allylic oxidation sites excluding steroid dienone is 1. The van der Waals surface area contributed by atoms with Crippen LogP contribution in [0.25, 0.3) is 34.2 Å². The summed E-state index contributed by atoms with van der Waals surface area (Å²) in [7, 11) is -3.80. The Hall–Kier alpha value is -4.34. The van der Waals surface area contributed by atoms with Gasteiger partial charge in [-0.1, -0.05) is 57.6 Å². The number of hydrogen-bond acceptors (Lipinski definition) is 7. The molecule has 0 spiro atoms. The first kappa shape index (κ1) is 27.2. The highest BCUT2D eigenvalue weighted by Crippen LogP contribution is 2.37. The van der Waals surface area contributed by atoms with Gasteiger partial charge in [0.25, 0.3) is 5.91 Å². The number of rotatable bonds is 7. The zero-order valence-corrected chi connectivity index (χ0v) is 23.8. The van der Waals surface area contributed by atoms with Gasteiger partial charge in [-0.05, 0) is 60.7 Å². The van der Waals surface area contributed by atoms with E-state index in [-0.39, 0.29) is 16.4 Å². The maximum absolute atomic E-state index is 13.0. The molecule has 198 valence electrons. The summed E-state index contributed by atoms with van der Waals surface area (Å²) >= 11 is 4.56. The lowest BCUT2D eigenvalue weighted by Gasteiger charge is -2.05. The second-order valence-corrected chi connectivity index (χ2v) is 11.9. The van der Waals surface area contributed by atoms with E-state index in [0.29, 0.717) is 38.4 Å². The maximum atomic E-state index is 13.0. The first-order valence-corrected chi connectivity index (χ1v) is 14.9. The molecule has 40 heavy (non-hydrogen) atoms. The number of nitrogens with two attached hydrogens (primary N) is 1. The fraction of sp³-hybridized carbons (Fsp3) is 0. The average molecular weight is 632 g/mol. The predicted molar refractivity (Wildman–Crippen MR) is 159 cm³/mol. The number of carbonyl (C=O) groups excluding carboxylic acids is 1. The zero-order valence-electron chi connectivity index (χ0n) is 20.5. The molecule has 3 N–H and O–H groups in total. The zero-order chi connectivity index (χ0) is 28.3. The number of amides is 1. The summed E-state index contributed by atoms with van der Waals surface area (Å²) in [6.45, 7) is 0. The van der Waals surface area contributed by atoms with E-state index < -0.39 is 10.0 Å². The Morgan fingerprint density at radius 3 is 2.33 bits per heavy atom. The number of primary sulfonamides is 1. The van der Waals surface area contributed by atoms with E-state index in [4.69, 9.17) is 14.5 Å². The Morgan fingerprint density at radius 1 is 0.975 bits per heavy atom. The standard InChI is InChI=1S/C29H19BrN4O4S2/c30-22-10-6-20(7-11-22)27(35)34-29-26(19-4-2-1-3-5-19)33-28(39-29)21(17-31)16-23-12-15-25(38-23)18-8-13-24(14-9-18)40(32,36)37/h1-16H,(H,34,35)(H2,32,36,37). The molecule has 8 nitrogen and oxygen atoms in total. The molecule has 3 aromatic carbocycles. The molecule has 2 heterocycles. The van der Waals surface area contributed by atoms with Gasteiger partial charge in [-0.3, -0.25) is 4.79 Å². The number of sulfonamides is 1. The van der Waals surface area contributed by atoms with Crippen molar-refractivity contribution in [2.45, 2.75) is 4.90 Å². The van der Waals surface area contributed by atoms with Crippen LogP contribution in [0.4, 0.5) is 5.00 Å². The average Bonchev–Trinajstić information content (AvgIpc) is 3.59. The van der Waals surface area contributed by atoms with Gasteiger partial charge in [0.05, 0.1) is 10.5 Å². The van der Waals surface area contributed by atoms with E-state index in [9.17, 15) is 18.5 Å². The number of aromatic nitrogens is 1. The third-order valence-corrected chi connectivity index (χ3v) is 8.20. The lowest BCUT2D eigenvalue weighted by Crippen LogP contribution is -2.11. The molecule has 0 saturated carbocycles. The lowest BCUT2D eigenvalue weighted by atomic mass is 10.1. The number of furan rings is 1. The van der Waals surface area contributed by atoms with Crippen LogP contribution >= 0.6 is 27.3 Å². The molecule has 0 radical (unpaired) electrons. The van der Waals surface area contributed by atoms with Crippen molar-refractivity contribution in [3.8, 4) is 28.7 Å². The Bertz CT molecular complexity index is 1870. The molecule has 0 unspecified atom stereocenters. The van der Waals surface area contributed by atoms with Gasteiger partial charge in [0.1, 0.15) is 33.3 Å². The normalized spacial score (nSPS) is 11.7. The Labute approximate surface area is 242 Å². The van der Waals surface area contributed by atoms with Crippen molar-refractivity contribution in [1.82, 2.24) is 4.98 Å². The second kappa shape index (κ2) is 11.4. The number of nitrogens with zero attached hydrogens (tertiary/aromatic N) is 2. The summed E-state index contributed by atoms with van der Waals surface area (Å²) in [6, 6.07) is 27.9. The van der Waals surface area contributed by atoms with Gasteiger partial charge in [0, 0.05) is 27.2 Å². The number of carbonyl (C=O) groups is 1. The molecule has 1 amide bonds. The van der Waals surface area contributed by atoms with Crippen LogP contribution in [0.1, 0.15) is 21.1 Å². The van der Waals surface area contributed by atoms with Gasteiger partial charge in [-0.25, -0.2) is 18.5 Å². The molecule has 2 aromatic heterocycles. The van der Waals surface area contributed by atoms with Crippen LogP contribution in [0.3, 0.4) is 0 Å². The molecule has 0 fully saturated rings. The van der Waals surface area contributed by atoms with Crippen molar-refractivity contribution < 1.29 is 17.6 Å².